The third-order valence-electron chi connectivity index (χ3n) is 4.16. The molecule has 0 atom stereocenters. The Bertz CT molecular complexity index is 968. The van der Waals surface area contributed by atoms with E-state index in [1.807, 2.05) is 126 Å². The van der Waals surface area contributed by atoms with Crippen molar-refractivity contribution in [2.45, 2.75) is 52.7 Å². The van der Waals surface area contributed by atoms with Crippen molar-refractivity contribution in [3.8, 4) is 0 Å². The molecule has 4 nitrogen and oxygen atoms in total. The van der Waals surface area contributed by atoms with E-state index in [0.29, 0.717) is 11.8 Å². The van der Waals surface area contributed by atoms with Gasteiger partial charge in [0.25, 0.3) is 0 Å². The molecule has 166 valence electrons. The fourth-order valence-corrected chi connectivity index (χ4v) is 2.87. The summed E-state index contributed by atoms with van der Waals surface area (Å²) in [4.78, 5) is 9.50. The minimum atomic E-state index is -0.373. The summed E-state index contributed by atoms with van der Waals surface area (Å²) in [5.74, 6) is 1.15. The summed E-state index contributed by atoms with van der Waals surface area (Å²) >= 11 is 0. The predicted octanol–water partition coefficient (Wildman–Crippen LogP) is 7.47. The first-order chi connectivity index (χ1) is 15.1. The summed E-state index contributed by atoms with van der Waals surface area (Å²) in [5.41, 5.74) is 2.73. The van der Waals surface area contributed by atoms with Crippen molar-refractivity contribution in [2.24, 2.45) is 9.98 Å². The highest BCUT2D eigenvalue weighted by atomic mass is 16.5. The second-order valence-corrected chi connectivity index (χ2v) is 9.51. The van der Waals surface area contributed by atoms with Gasteiger partial charge >= 0.3 is 0 Å². The first kappa shape index (κ1) is 23.3. The summed E-state index contributed by atoms with van der Waals surface area (Å²) in [6.45, 7) is 12.1. The normalized spacial score (nSPS) is 13.1. The lowest BCUT2D eigenvalue weighted by Gasteiger charge is -2.24. The monoisotopic (exact) mass is 428 g/mol. The molecule has 0 aliphatic carbocycles. The zero-order valence-corrected chi connectivity index (χ0v) is 19.8. The van der Waals surface area contributed by atoms with Crippen LogP contribution in [0, 0.1) is 0 Å². The molecule has 0 N–H and O–H groups in total. The van der Waals surface area contributed by atoms with E-state index in [1.54, 1.807) is 0 Å². The van der Waals surface area contributed by atoms with Crippen LogP contribution in [-0.2, 0) is 9.47 Å². The Kier molecular flexibility index (Phi) is 7.14. The van der Waals surface area contributed by atoms with Gasteiger partial charge in [0, 0.05) is 11.1 Å². The second-order valence-electron chi connectivity index (χ2n) is 9.51. The molecular formula is C28H32N2O2. The van der Waals surface area contributed by atoms with Gasteiger partial charge < -0.3 is 9.47 Å². The molecule has 0 saturated carbocycles. The maximum atomic E-state index is 6.19. The highest BCUT2D eigenvalue weighted by molar-refractivity contribution is 5.99. The molecule has 3 aromatic rings. The van der Waals surface area contributed by atoms with Crippen molar-refractivity contribution in [2.75, 3.05) is 0 Å². The minimum Gasteiger partial charge on any atom is -0.471 e. The first-order valence-corrected chi connectivity index (χ1v) is 10.9. The van der Waals surface area contributed by atoms with E-state index in [0.717, 1.165) is 22.5 Å². The molecule has 0 fully saturated rings. The van der Waals surface area contributed by atoms with Crippen LogP contribution in [0.25, 0.3) is 0 Å². The molecule has 0 amide bonds. The van der Waals surface area contributed by atoms with Crippen LogP contribution in [0.5, 0.6) is 0 Å². The van der Waals surface area contributed by atoms with Gasteiger partial charge in [-0.15, -0.1) is 0 Å². The van der Waals surface area contributed by atoms with Gasteiger partial charge in [-0.1, -0.05) is 36.4 Å². The summed E-state index contributed by atoms with van der Waals surface area (Å²) in [5, 5.41) is 0. The number of para-hydroxylation sites is 2. The number of benzene rings is 3. The van der Waals surface area contributed by atoms with Crippen molar-refractivity contribution in [1.29, 1.82) is 0 Å². The second kappa shape index (κ2) is 9.82. The lowest BCUT2D eigenvalue weighted by Crippen LogP contribution is -2.25. The highest BCUT2D eigenvalue weighted by Crippen LogP contribution is 2.22. The van der Waals surface area contributed by atoms with Gasteiger partial charge in [0.1, 0.15) is 11.2 Å². The number of hydrogen-bond acceptors (Lipinski definition) is 4. The van der Waals surface area contributed by atoms with E-state index < -0.39 is 0 Å². The summed E-state index contributed by atoms with van der Waals surface area (Å²) < 4.78 is 12.4. The molecule has 0 radical (unpaired) electrons. The average Bonchev–Trinajstić information content (AvgIpc) is 2.73. The quantitative estimate of drug-likeness (QED) is 0.319. The summed E-state index contributed by atoms with van der Waals surface area (Å²) in [7, 11) is 0. The third-order valence-corrected chi connectivity index (χ3v) is 4.16. The van der Waals surface area contributed by atoms with Gasteiger partial charge in [-0.25, -0.2) is 9.98 Å². The molecule has 0 heterocycles. The van der Waals surface area contributed by atoms with Crippen molar-refractivity contribution < 1.29 is 9.47 Å². The molecule has 0 bridgehead atoms. The molecule has 3 aromatic carbocycles. The lowest BCUT2D eigenvalue weighted by atomic mass is 10.1. The summed E-state index contributed by atoms with van der Waals surface area (Å²) in [6.07, 6.45) is 0. The van der Waals surface area contributed by atoms with E-state index in [-0.39, 0.29) is 11.2 Å². The van der Waals surface area contributed by atoms with Crippen molar-refractivity contribution in [1.82, 2.24) is 0 Å². The topological polar surface area (TPSA) is 43.2 Å². The molecule has 0 spiro atoms. The molecule has 3 rings (SSSR count). The van der Waals surface area contributed by atoms with Crippen molar-refractivity contribution in [3.63, 3.8) is 0 Å². The SMILES string of the molecule is CC(C)(C)O/C(=N\c1ccccc1)c1ccc(/C(=N/c2ccccc2)OC(C)(C)C)cc1. The molecule has 32 heavy (non-hydrogen) atoms. The van der Waals surface area contributed by atoms with Gasteiger partial charge in [0.05, 0.1) is 11.4 Å². The predicted molar refractivity (Wildman–Crippen MR) is 133 cm³/mol. The van der Waals surface area contributed by atoms with Gasteiger partial charge in [0.15, 0.2) is 0 Å². The van der Waals surface area contributed by atoms with Gasteiger partial charge in [-0.3, -0.25) is 0 Å². The van der Waals surface area contributed by atoms with Gasteiger partial charge in [-0.05, 0) is 90.1 Å². The summed E-state index contributed by atoms with van der Waals surface area (Å²) in [6, 6.07) is 27.6. The zero-order chi connectivity index (χ0) is 23.2. The molecule has 0 saturated heterocycles. The van der Waals surface area contributed by atoms with Crippen LogP contribution in [0.4, 0.5) is 11.4 Å². The van der Waals surface area contributed by atoms with E-state index in [9.17, 15) is 0 Å². The number of hydrogen-bond donors (Lipinski definition) is 0. The van der Waals surface area contributed by atoms with Gasteiger partial charge in [0.2, 0.25) is 11.8 Å². The average molecular weight is 429 g/mol. The Morgan fingerprint density at radius 1 is 0.500 bits per heavy atom. The molecule has 0 aliphatic heterocycles. The maximum absolute atomic E-state index is 6.19. The van der Waals surface area contributed by atoms with Crippen LogP contribution < -0.4 is 0 Å². The van der Waals surface area contributed by atoms with E-state index >= 15 is 0 Å². The zero-order valence-electron chi connectivity index (χ0n) is 19.8. The fourth-order valence-electron chi connectivity index (χ4n) is 2.87. The third kappa shape index (κ3) is 7.38. The Hall–Kier alpha value is -3.40. The van der Waals surface area contributed by atoms with Crippen LogP contribution in [0.15, 0.2) is 94.9 Å². The van der Waals surface area contributed by atoms with Crippen LogP contribution >= 0.6 is 0 Å². The Balaban J connectivity index is 1.98. The Morgan fingerprint density at radius 3 is 1.09 bits per heavy atom. The van der Waals surface area contributed by atoms with E-state index in [4.69, 9.17) is 19.5 Å². The van der Waals surface area contributed by atoms with Gasteiger partial charge in [-0.2, -0.15) is 0 Å². The van der Waals surface area contributed by atoms with Crippen LogP contribution in [0.1, 0.15) is 52.7 Å². The molecule has 0 unspecified atom stereocenters. The van der Waals surface area contributed by atoms with Crippen LogP contribution in [-0.4, -0.2) is 23.0 Å². The van der Waals surface area contributed by atoms with E-state index in [2.05, 4.69) is 0 Å². The molecular weight excluding hydrogens is 396 g/mol. The lowest BCUT2D eigenvalue weighted by molar-refractivity contribution is 0.117. The largest absolute Gasteiger partial charge is 0.471 e. The number of aliphatic imine (C=N–C) groups is 2. The van der Waals surface area contributed by atoms with E-state index in [1.165, 1.54) is 0 Å². The Labute approximate surface area is 191 Å². The highest BCUT2D eigenvalue weighted by Gasteiger charge is 2.19. The number of rotatable bonds is 4. The number of ether oxygens (including phenoxy) is 2. The standard InChI is InChI=1S/C28H32N2O2/c1-27(2,3)31-25(29-23-13-9-7-10-14-23)21-17-19-22(20-18-21)26(32-28(4,5)6)30-24-15-11-8-12-16-24/h7-20H,1-6H3/b29-25-,30-26-. The fraction of sp³-hybridized carbons (Fsp3) is 0.286. The molecule has 0 aromatic heterocycles. The van der Waals surface area contributed by atoms with Crippen molar-refractivity contribution in [3.05, 3.63) is 96.1 Å². The van der Waals surface area contributed by atoms with Crippen LogP contribution in [0.3, 0.4) is 0 Å². The smallest absolute Gasteiger partial charge is 0.221 e. The van der Waals surface area contributed by atoms with Crippen molar-refractivity contribution >= 4 is 23.2 Å². The Morgan fingerprint density at radius 2 is 0.812 bits per heavy atom. The minimum absolute atomic E-state index is 0.373. The van der Waals surface area contributed by atoms with Crippen LogP contribution in [0.2, 0.25) is 0 Å². The molecule has 4 heteroatoms. The molecule has 0 aliphatic rings. The first-order valence-electron chi connectivity index (χ1n) is 10.9. The maximum Gasteiger partial charge on any atom is 0.221 e. The number of nitrogens with zero attached hydrogens (tertiary/aromatic N) is 2.